The average Bonchev–Trinajstić information content (AvgIpc) is 2.70. The van der Waals surface area contributed by atoms with Gasteiger partial charge in [-0.25, -0.2) is 8.42 Å². The highest BCUT2D eigenvalue weighted by molar-refractivity contribution is 7.89. The molecule has 0 unspecified atom stereocenters. The maximum Gasteiger partial charge on any atom is 0.262 e. The van der Waals surface area contributed by atoms with Crippen molar-refractivity contribution in [2.75, 3.05) is 10.6 Å². The van der Waals surface area contributed by atoms with Crippen LogP contribution in [-0.4, -0.2) is 20.5 Å². The molecule has 3 aromatic carbocycles. The number of benzene rings is 3. The first-order valence-electron chi connectivity index (χ1n) is 8.53. The van der Waals surface area contributed by atoms with Crippen LogP contribution in [0.1, 0.15) is 0 Å². The van der Waals surface area contributed by atoms with E-state index in [1.807, 2.05) is 30.3 Å². The summed E-state index contributed by atoms with van der Waals surface area (Å²) >= 11 is 0. The molecule has 1 atom stereocenters. The highest BCUT2D eigenvalue weighted by Crippen LogP contribution is 2.26. The van der Waals surface area contributed by atoms with E-state index >= 15 is 0 Å². The van der Waals surface area contributed by atoms with Crippen molar-refractivity contribution in [2.24, 2.45) is 0 Å². The molecule has 142 valence electrons. The van der Waals surface area contributed by atoms with Gasteiger partial charge in [-0.15, -0.1) is 0 Å². The van der Waals surface area contributed by atoms with E-state index < -0.39 is 22.1 Å². The smallest absolute Gasteiger partial charge is 0.262 e. The number of sulfonamides is 1. The van der Waals surface area contributed by atoms with Gasteiger partial charge in [0.2, 0.25) is 10.0 Å². The number of amides is 1. The van der Waals surface area contributed by atoms with Crippen LogP contribution in [0.4, 0.5) is 11.4 Å². The number of carbonyl (C=O) groups is 1. The minimum atomic E-state index is -3.76. The number of hydrogen-bond donors (Lipinski definition) is 3. The van der Waals surface area contributed by atoms with Crippen molar-refractivity contribution >= 4 is 27.3 Å². The molecule has 1 aliphatic heterocycles. The largest absolute Gasteiger partial charge is 0.457 e. The molecule has 0 spiro atoms. The number of rotatable bonds is 4. The number of ether oxygens (including phenoxy) is 1. The van der Waals surface area contributed by atoms with Gasteiger partial charge in [0, 0.05) is 5.69 Å². The zero-order chi connectivity index (χ0) is 19.6. The number of nitrogens with one attached hydrogen (secondary N) is 3. The molecule has 8 heteroatoms. The molecule has 28 heavy (non-hydrogen) atoms. The van der Waals surface area contributed by atoms with Crippen molar-refractivity contribution in [3.8, 4) is 11.5 Å². The maximum atomic E-state index is 12.5. The second-order valence-corrected chi connectivity index (χ2v) is 7.81. The highest BCUT2D eigenvalue weighted by Gasteiger charge is 2.32. The standard InChI is InChI=1S/C20H17N3O4S/c24-20(19-22-17-8-4-5-9-18(17)28(25,26)23-19)21-14-10-12-16(13-11-14)27-15-6-2-1-3-7-15/h1-13,19,22-23H,(H,21,24)/t19-/m1/s1. The van der Waals surface area contributed by atoms with E-state index in [0.29, 0.717) is 22.9 Å². The first-order chi connectivity index (χ1) is 13.5. The van der Waals surface area contributed by atoms with Crippen LogP contribution in [0.3, 0.4) is 0 Å². The Balaban J connectivity index is 1.44. The van der Waals surface area contributed by atoms with Gasteiger partial charge in [-0.1, -0.05) is 30.3 Å². The number of para-hydroxylation sites is 2. The predicted octanol–water partition coefficient (Wildman–Crippen LogP) is 3.15. The van der Waals surface area contributed by atoms with Crippen LogP contribution in [0.2, 0.25) is 0 Å². The van der Waals surface area contributed by atoms with Crippen LogP contribution in [-0.2, 0) is 14.8 Å². The average molecular weight is 395 g/mol. The van der Waals surface area contributed by atoms with E-state index in [1.54, 1.807) is 42.5 Å². The van der Waals surface area contributed by atoms with Crippen LogP contribution in [0.15, 0.2) is 83.8 Å². The molecule has 0 bridgehead atoms. The van der Waals surface area contributed by atoms with Crippen molar-refractivity contribution in [2.45, 2.75) is 11.1 Å². The highest BCUT2D eigenvalue weighted by atomic mass is 32.2. The minimum absolute atomic E-state index is 0.112. The number of fused-ring (bicyclic) bond motifs is 1. The third-order valence-electron chi connectivity index (χ3n) is 4.11. The summed E-state index contributed by atoms with van der Waals surface area (Å²) in [6, 6.07) is 22.6. The molecule has 0 aromatic heterocycles. The molecule has 0 radical (unpaired) electrons. The summed E-state index contributed by atoms with van der Waals surface area (Å²) < 4.78 is 32.7. The van der Waals surface area contributed by atoms with Gasteiger partial charge in [-0.3, -0.25) is 4.79 Å². The quantitative estimate of drug-likeness (QED) is 0.631. The molecule has 0 fully saturated rings. The lowest BCUT2D eigenvalue weighted by molar-refractivity contribution is -0.117. The van der Waals surface area contributed by atoms with E-state index in [1.165, 1.54) is 6.07 Å². The molecule has 4 rings (SSSR count). The van der Waals surface area contributed by atoms with Crippen LogP contribution in [0.25, 0.3) is 0 Å². The Morgan fingerprint density at radius 3 is 2.25 bits per heavy atom. The van der Waals surface area contributed by atoms with Crippen LogP contribution in [0.5, 0.6) is 11.5 Å². The molecule has 3 N–H and O–H groups in total. The summed E-state index contributed by atoms with van der Waals surface area (Å²) in [5, 5.41) is 5.58. The molecular formula is C20H17N3O4S. The van der Waals surface area contributed by atoms with E-state index in [-0.39, 0.29) is 4.90 Å². The summed E-state index contributed by atoms with van der Waals surface area (Å²) in [4.78, 5) is 12.6. The second-order valence-electron chi connectivity index (χ2n) is 6.12. The normalized spacial score (nSPS) is 17.1. The fourth-order valence-electron chi connectivity index (χ4n) is 2.79. The van der Waals surface area contributed by atoms with Crippen molar-refractivity contribution in [3.05, 3.63) is 78.9 Å². The van der Waals surface area contributed by atoms with Gasteiger partial charge in [0.05, 0.1) is 5.69 Å². The fraction of sp³-hybridized carbons (Fsp3) is 0.0500. The lowest BCUT2D eigenvalue weighted by Gasteiger charge is -2.27. The molecule has 0 saturated heterocycles. The van der Waals surface area contributed by atoms with Crippen molar-refractivity contribution in [3.63, 3.8) is 0 Å². The topological polar surface area (TPSA) is 96.5 Å². The van der Waals surface area contributed by atoms with E-state index in [4.69, 9.17) is 4.74 Å². The third kappa shape index (κ3) is 3.83. The molecule has 7 nitrogen and oxygen atoms in total. The van der Waals surface area contributed by atoms with Crippen molar-refractivity contribution in [1.82, 2.24) is 4.72 Å². The SMILES string of the molecule is O=C(Nc1ccc(Oc2ccccc2)cc1)[C@@H]1Nc2ccccc2S(=O)(=O)N1. The van der Waals surface area contributed by atoms with Gasteiger partial charge in [0.1, 0.15) is 16.4 Å². The zero-order valence-corrected chi connectivity index (χ0v) is 15.4. The van der Waals surface area contributed by atoms with E-state index in [0.717, 1.165) is 0 Å². The molecule has 0 aliphatic carbocycles. The van der Waals surface area contributed by atoms with Crippen LogP contribution < -0.4 is 20.1 Å². The fourth-order valence-corrected chi connectivity index (χ4v) is 4.07. The maximum absolute atomic E-state index is 12.5. The Hall–Kier alpha value is -3.36. The third-order valence-corrected chi connectivity index (χ3v) is 5.59. The molecule has 1 heterocycles. The van der Waals surface area contributed by atoms with Crippen LogP contribution >= 0.6 is 0 Å². The van der Waals surface area contributed by atoms with Gasteiger partial charge in [-0.2, -0.15) is 4.72 Å². The minimum Gasteiger partial charge on any atom is -0.457 e. The first kappa shape index (κ1) is 18.0. The summed E-state index contributed by atoms with van der Waals surface area (Å²) in [6.07, 6.45) is -1.11. The zero-order valence-electron chi connectivity index (χ0n) is 14.6. The van der Waals surface area contributed by atoms with Gasteiger partial charge in [0.25, 0.3) is 5.91 Å². The number of carbonyl (C=O) groups excluding carboxylic acids is 1. The lowest BCUT2D eigenvalue weighted by atomic mass is 10.2. The first-order valence-corrected chi connectivity index (χ1v) is 10.0. The van der Waals surface area contributed by atoms with Gasteiger partial charge in [-0.05, 0) is 48.5 Å². The Morgan fingerprint density at radius 1 is 0.857 bits per heavy atom. The van der Waals surface area contributed by atoms with Crippen LogP contribution in [0, 0.1) is 0 Å². The predicted molar refractivity (Wildman–Crippen MR) is 106 cm³/mol. The molecule has 0 saturated carbocycles. The van der Waals surface area contributed by atoms with Gasteiger partial charge < -0.3 is 15.4 Å². The van der Waals surface area contributed by atoms with Crippen molar-refractivity contribution in [1.29, 1.82) is 0 Å². The summed E-state index contributed by atoms with van der Waals surface area (Å²) in [7, 11) is -3.76. The molecule has 1 amide bonds. The van der Waals surface area contributed by atoms with E-state index in [2.05, 4.69) is 15.4 Å². The van der Waals surface area contributed by atoms with Gasteiger partial charge >= 0.3 is 0 Å². The Kier molecular flexibility index (Phi) is 4.72. The monoisotopic (exact) mass is 395 g/mol. The Labute approximate surface area is 162 Å². The molecule has 3 aromatic rings. The molecular weight excluding hydrogens is 378 g/mol. The number of hydrogen-bond acceptors (Lipinski definition) is 5. The van der Waals surface area contributed by atoms with Gasteiger partial charge in [0.15, 0.2) is 6.17 Å². The summed E-state index contributed by atoms with van der Waals surface area (Å²) in [5.74, 6) is 0.809. The summed E-state index contributed by atoms with van der Waals surface area (Å²) in [5.41, 5.74) is 0.901. The Morgan fingerprint density at radius 2 is 1.50 bits per heavy atom. The lowest BCUT2D eigenvalue weighted by Crippen LogP contribution is -2.51. The van der Waals surface area contributed by atoms with Crippen molar-refractivity contribution < 1.29 is 17.9 Å². The number of anilines is 2. The summed E-state index contributed by atoms with van der Waals surface area (Å²) in [6.45, 7) is 0. The Bertz CT molecular complexity index is 1100. The second kappa shape index (κ2) is 7.34. The molecule has 1 aliphatic rings. The van der Waals surface area contributed by atoms with E-state index in [9.17, 15) is 13.2 Å².